The third-order valence-electron chi connectivity index (χ3n) is 10.8. The summed E-state index contributed by atoms with van der Waals surface area (Å²) in [5.74, 6) is -0.392. The van der Waals surface area contributed by atoms with Crippen LogP contribution in [0.5, 0.6) is 11.5 Å². The van der Waals surface area contributed by atoms with Gasteiger partial charge in [0.1, 0.15) is 11.1 Å². The smallest absolute Gasteiger partial charge is 0.332 e. The van der Waals surface area contributed by atoms with Crippen molar-refractivity contribution in [1.82, 2.24) is 15.1 Å². The number of Topliss-reactive ketones (excluding diaryl/α,β-unsaturated/α-hetero) is 1. The second kappa shape index (κ2) is 11.9. The van der Waals surface area contributed by atoms with Crippen molar-refractivity contribution in [1.29, 1.82) is 0 Å². The van der Waals surface area contributed by atoms with Crippen molar-refractivity contribution >= 4 is 23.6 Å². The van der Waals surface area contributed by atoms with Crippen LogP contribution in [0, 0.1) is 5.92 Å². The molecule has 45 heavy (non-hydrogen) atoms. The number of esters is 1. The molecule has 1 aromatic carbocycles. The van der Waals surface area contributed by atoms with Crippen molar-refractivity contribution in [2.24, 2.45) is 11.7 Å². The number of hydrogen-bond acceptors (Lipinski definition) is 10. The molecule has 3 fully saturated rings. The zero-order valence-electron chi connectivity index (χ0n) is 26.6. The zero-order chi connectivity index (χ0) is 32.1. The molecule has 2 aliphatic heterocycles. The molecule has 2 heterocycles. The van der Waals surface area contributed by atoms with Crippen molar-refractivity contribution in [3.05, 3.63) is 23.3 Å². The monoisotopic (exact) mass is 626 g/mol. The summed E-state index contributed by atoms with van der Waals surface area (Å²) in [5, 5.41) is 13.6. The molecule has 5 aliphatic rings. The number of aromatic hydroxyl groups is 1. The molecule has 2 bridgehead atoms. The van der Waals surface area contributed by atoms with E-state index in [4.69, 9.17) is 19.9 Å². The number of phenolic OH excluding ortho intramolecular Hbond substituents is 1. The fraction of sp³-hybridized carbons (Fsp3) is 0.697. The van der Waals surface area contributed by atoms with Gasteiger partial charge in [-0.3, -0.25) is 19.3 Å². The van der Waals surface area contributed by atoms with Crippen LogP contribution >= 0.6 is 0 Å². The lowest BCUT2D eigenvalue weighted by molar-refractivity contribution is -0.223. The molecule has 12 nitrogen and oxygen atoms in total. The second-order valence-electron chi connectivity index (χ2n) is 13.8. The van der Waals surface area contributed by atoms with Crippen LogP contribution in [0.3, 0.4) is 0 Å². The first kappa shape index (κ1) is 31.7. The SMILES string of the molecule is COCCNC(=O)CCC(=O)N(CCN)C(C)(C)C(=O)O[C@@]12CCC(=O)[C@@H]3Oc4c(O)ccc5c4[C@@]31CCN(CC1CC1)[C@@H]2C5. The summed E-state index contributed by atoms with van der Waals surface area (Å²) in [6.07, 6.45) is 3.01. The quantitative estimate of drug-likeness (QED) is 0.214. The first-order valence-electron chi connectivity index (χ1n) is 16.3. The minimum atomic E-state index is -1.41. The molecular weight excluding hydrogens is 580 g/mol. The molecule has 1 spiro atoms. The van der Waals surface area contributed by atoms with Gasteiger partial charge >= 0.3 is 5.97 Å². The molecule has 6 rings (SSSR count). The van der Waals surface area contributed by atoms with E-state index in [1.807, 2.05) is 6.07 Å². The highest BCUT2D eigenvalue weighted by atomic mass is 16.6. The van der Waals surface area contributed by atoms with Gasteiger partial charge in [-0.1, -0.05) is 6.07 Å². The van der Waals surface area contributed by atoms with Crippen LogP contribution in [-0.2, 0) is 40.5 Å². The number of hydrogen-bond donors (Lipinski definition) is 3. The lowest BCUT2D eigenvalue weighted by atomic mass is 9.48. The van der Waals surface area contributed by atoms with Crippen molar-refractivity contribution in [2.75, 3.05) is 46.4 Å². The van der Waals surface area contributed by atoms with E-state index in [0.29, 0.717) is 44.1 Å². The Morgan fingerprint density at radius 3 is 2.71 bits per heavy atom. The highest BCUT2D eigenvalue weighted by Gasteiger charge is 2.76. The van der Waals surface area contributed by atoms with E-state index in [1.165, 1.54) is 17.7 Å². The largest absolute Gasteiger partial charge is 0.504 e. The van der Waals surface area contributed by atoms with Crippen LogP contribution in [0.15, 0.2) is 12.1 Å². The normalized spacial score (nSPS) is 28.2. The number of ketones is 1. The molecule has 2 saturated carbocycles. The Hall–Kier alpha value is -3.22. The minimum absolute atomic E-state index is 0.0179. The maximum absolute atomic E-state index is 14.5. The van der Waals surface area contributed by atoms with Crippen molar-refractivity contribution in [3.63, 3.8) is 0 Å². The molecule has 3 aliphatic carbocycles. The molecule has 1 aromatic rings. The predicted molar refractivity (Wildman–Crippen MR) is 163 cm³/mol. The van der Waals surface area contributed by atoms with Gasteiger partial charge in [-0.15, -0.1) is 0 Å². The summed E-state index contributed by atoms with van der Waals surface area (Å²) < 4.78 is 18.1. The number of methoxy groups -OCH3 is 1. The number of nitrogens with one attached hydrogen (secondary N) is 1. The summed E-state index contributed by atoms with van der Waals surface area (Å²) in [6, 6.07) is 3.35. The summed E-state index contributed by atoms with van der Waals surface area (Å²) in [6.45, 7) is 5.86. The molecule has 4 atom stereocenters. The number of likely N-dealkylation sites (tertiary alicyclic amines) is 1. The number of rotatable bonds is 13. The lowest BCUT2D eigenvalue weighted by Crippen LogP contribution is -2.78. The molecule has 246 valence electrons. The van der Waals surface area contributed by atoms with Gasteiger partial charge in [0.05, 0.1) is 18.1 Å². The molecule has 12 heteroatoms. The predicted octanol–water partition coefficient (Wildman–Crippen LogP) is 1.19. The number of benzene rings is 1. The first-order chi connectivity index (χ1) is 21.5. The third-order valence-corrected chi connectivity index (χ3v) is 10.8. The molecule has 4 N–H and O–H groups in total. The molecule has 0 aromatic heterocycles. The highest BCUT2D eigenvalue weighted by Crippen LogP contribution is 2.66. The fourth-order valence-electron chi connectivity index (χ4n) is 8.42. The third kappa shape index (κ3) is 5.09. The Morgan fingerprint density at radius 1 is 1.22 bits per heavy atom. The van der Waals surface area contributed by atoms with E-state index < -0.39 is 28.6 Å². The number of carbonyl (C=O) groups excluding carboxylic acids is 4. The van der Waals surface area contributed by atoms with Crippen LogP contribution in [0.25, 0.3) is 0 Å². The van der Waals surface area contributed by atoms with Gasteiger partial charge in [-0.25, -0.2) is 4.79 Å². The number of carbonyl (C=O) groups is 4. The summed E-state index contributed by atoms with van der Waals surface area (Å²) in [4.78, 5) is 57.8. The van der Waals surface area contributed by atoms with E-state index in [9.17, 15) is 24.3 Å². The number of amides is 2. The van der Waals surface area contributed by atoms with E-state index in [1.54, 1.807) is 27.0 Å². The Morgan fingerprint density at radius 2 is 2.00 bits per heavy atom. The van der Waals surface area contributed by atoms with Gasteiger partial charge in [0.15, 0.2) is 23.4 Å². The summed E-state index contributed by atoms with van der Waals surface area (Å²) >= 11 is 0. The van der Waals surface area contributed by atoms with Crippen molar-refractivity contribution in [2.45, 2.75) is 93.9 Å². The van der Waals surface area contributed by atoms with E-state index in [0.717, 1.165) is 24.2 Å². The summed E-state index contributed by atoms with van der Waals surface area (Å²) in [7, 11) is 1.54. The minimum Gasteiger partial charge on any atom is -0.504 e. The number of ether oxygens (including phenoxy) is 3. The van der Waals surface area contributed by atoms with Gasteiger partial charge in [0.2, 0.25) is 11.8 Å². The van der Waals surface area contributed by atoms with Crippen LogP contribution < -0.4 is 15.8 Å². The van der Waals surface area contributed by atoms with Gasteiger partial charge in [-0.2, -0.15) is 0 Å². The number of nitrogens with two attached hydrogens (primary N) is 1. The molecular formula is C33H46N4O8. The van der Waals surface area contributed by atoms with Gasteiger partial charge in [0.25, 0.3) is 0 Å². The molecule has 2 amide bonds. The van der Waals surface area contributed by atoms with Crippen LogP contribution in [-0.4, -0.2) is 108 Å². The average Bonchev–Trinajstić information content (AvgIpc) is 3.75. The van der Waals surface area contributed by atoms with Gasteiger partial charge < -0.3 is 35.3 Å². The first-order valence-corrected chi connectivity index (χ1v) is 16.3. The van der Waals surface area contributed by atoms with Gasteiger partial charge in [0, 0.05) is 58.1 Å². The number of piperidine rings is 1. The summed E-state index contributed by atoms with van der Waals surface area (Å²) in [5.41, 5.74) is 4.27. The van der Waals surface area contributed by atoms with Crippen LogP contribution in [0.2, 0.25) is 0 Å². The molecule has 1 saturated heterocycles. The fourth-order valence-corrected chi connectivity index (χ4v) is 8.42. The molecule has 0 radical (unpaired) electrons. The highest BCUT2D eigenvalue weighted by molar-refractivity contribution is 5.92. The van der Waals surface area contributed by atoms with Crippen LogP contribution in [0.4, 0.5) is 0 Å². The average molecular weight is 627 g/mol. The maximum atomic E-state index is 14.5. The second-order valence-corrected chi connectivity index (χ2v) is 13.8. The Bertz CT molecular complexity index is 1380. The zero-order valence-corrected chi connectivity index (χ0v) is 26.6. The lowest BCUT2D eigenvalue weighted by Gasteiger charge is -2.64. The topological polar surface area (TPSA) is 161 Å². The van der Waals surface area contributed by atoms with E-state index in [-0.39, 0.29) is 61.7 Å². The Kier molecular flexibility index (Phi) is 8.36. The number of nitrogens with zero attached hydrogens (tertiary/aromatic N) is 2. The maximum Gasteiger partial charge on any atom is 0.332 e. The van der Waals surface area contributed by atoms with Crippen LogP contribution in [0.1, 0.15) is 69.9 Å². The Balaban J connectivity index is 1.33. The van der Waals surface area contributed by atoms with E-state index >= 15 is 0 Å². The van der Waals surface area contributed by atoms with E-state index in [2.05, 4.69) is 10.2 Å². The van der Waals surface area contributed by atoms with Gasteiger partial charge in [-0.05, 0) is 70.0 Å². The van der Waals surface area contributed by atoms with Crippen molar-refractivity contribution < 1.29 is 38.5 Å². The number of phenols is 1. The Labute approximate surface area is 263 Å². The molecule has 0 unspecified atom stereocenters. The van der Waals surface area contributed by atoms with Crippen molar-refractivity contribution in [3.8, 4) is 11.5 Å². The standard InChI is InChI=1S/C33H46N4O8/c1-31(2,37(16-13-34)26(41)9-8-25(40)35-14-17-43-3)30(42)45-33-11-10-23(39)29-32(33)12-15-36(19-20-4-5-20)24(33)18-21-6-7-22(38)28(44-29)27(21)32/h6-7,20,24,29,38H,4-5,8-19,34H2,1-3H3,(H,35,40)/t24-,29+,32+,33-/m1/s1.